The molecule has 78 valence electrons. The van der Waals surface area contributed by atoms with Crippen LogP contribution in [0, 0.1) is 5.92 Å². The molecule has 0 unspecified atom stereocenters. The SMILES string of the molecule is CC(C)(C)ONS(=O)(=O)CC1CC1. The minimum absolute atomic E-state index is 0.198. The minimum Gasteiger partial charge on any atom is -0.281 e. The fourth-order valence-electron chi connectivity index (χ4n) is 0.817. The maximum atomic E-state index is 11.3. The van der Waals surface area contributed by atoms with Gasteiger partial charge in [0.1, 0.15) is 0 Å². The minimum atomic E-state index is -3.22. The van der Waals surface area contributed by atoms with E-state index in [1.807, 2.05) is 0 Å². The Balaban J connectivity index is 2.33. The average molecular weight is 207 g/mol. The molecule has 0 spiro atoms. The van der Waals surface area contributed by atoms with Gasteiger partial charge in [0.25, 0.3) is 0 Å². The Kier molecular flexibility index (Phi) is 2.99. The zero-order valence-electron chi connectivity index (χ0n) is 8.33. The number of hydrogen-bond donors (Lipinski definition) is 1. The van der Waals surface area contributed by atoms with Gasteiger partial charge in [0.05, 0.1) is 11.4 Å². The molecular weight excluding hydrogens is 190 g/mol. The third-order valence-electron chi connectivity index (χ3n) is 1.63. The van der Waals surface area contributed by atoms with Crippen LogP contribution in [0.3, 0.4) is 0 Å². The number of nitrogens with one attached hydrogen (secondary N) is 1. The molecule has 4 nitrogen and oxygen atoms in total. The van der Waals surface area contributed by atoms with E-state index in [0.29, 0.717) is 5.92 Å². The summed E-state index contributed by atoms with van der Waals surface area (Å²) in [4.78, 5) is 7.13. The highest BCUT2D eigenvalue weighted by Crippen LogP contribution is 2.30. The van der Waals surface area contributed by atoms with Crippen LogP contribution in [0.2, 0.25) is 0 Å². The van der Waals surface area contributed by atoms with Crippen molar-refractivity contribution in [3.63, 3.8) is 0 Å². The number of sulfonamides is 1. The summed E-state index contributed by atoms with van der Waals surface area (Å²) in [6.45, 7) is 5.39. The van der Waals surface area contributed by atoms with Gasteiger partial charge in [0.15, 0.2) is 0 Å². The molecule has 0 atom stereocenters. The van der Waals surface area contributed by atoms with Crippen LogP contribution in [0.25, 0.3) is 0 Å². The molecule has 0 heterocycles. The summed E-state index contributed by atoms with van der Waals surface area (Å²) in [6, 6.07) is 0. The summed E-state index contributed by atoms with van der Waals surface area (Å²) in [5.41, 5.74) is -0.476. The molecule has 1 aliphatic rings. The van der Waals surface area contributed by atoms with Gasteiger partial charge in [0.2, 0.25) is 10.0 Å². The van der Waals surface area contributed by atoms with Crippen LogP contribution < -0.4 is 4.89 Å². The van der Waals surface area contributed by atoms with Gasteiger partial charge in [-0.2, -0.15) is 0 Å². The van der Waals surface area contributed by atoms with Crippen LogP contribution in [0.1, 0.15) is 33.6 Å². The van der Waals surface area contributed by atoms with Crippen LogP contribution in [0.4, 0.5) is 0 Å². The Bertz CT molecular complexity index is 262. The second-order valence-corrected chi connectivity index (χ2v) is 6.25. The Labute approximate surface area is 79.7 Å². The van der Waals surface area contributed by atoms with E-state index in [-0.39, 0.29) is 5.75 Å². The molecule has 5 heteroatoms. The van der Waals surface area contributed by atoms with Crippen LogP contribution in [0.5, 0.6) is 0 Å². The van der Waals surface area contributed by atoms with Gasteiger partial charge in [-0.15, -0.1) is 0 Å². The standard InChI is InChI=1S/C8H17NO3S/c1-8(2,3)12-9-13(10,11)6-7-4-5-7/h7,9H,4-6H2,1-3H3. The summed E-state index contributed by atoms with van der Waals surface area (Å²) in [5, 5.41) is 0. The van der Waals surface area contributed by atoms with Crippen molar-refractivity contribution < 1.29 is 13.3 Å². The van der Waals surface area contributed by atoms with Crippen LogP contribution in [0.15, 0.2) is 0 Å². The van der Waals surface area contributed by atoms with Crippen molar-refractivity contribution in [2.75, 3.05) is 5.75 Å². The quantitative estimate of drug-likeness (QED) is 0.701. The molecule has 1 saturated carbocycles. The van der Waals surface area contributed by atoms with E-state index in [1.54, 1.807) is 20.8 Å². The fourth-order valence-corrected chi connectivity index (χ4v) is 2.22. The smallest absolute Gasteiger partial charge is 0.233 e. The monoisotopic (exact) mass is 207 g/mol. The van der Waals surface area contributed by atoms with Crippen molar-refractivity contribution in [3.05, 3.63) is 0 Å². The predicted molar refractivity (Wildman–Crippen MR) is 50.5 cm³/mol. The molecule has 0 saturated heterocycles. The van der Waals surface area contributed by atoms with Crippen LogP contribution >= 0.6 is 0 Å². The second kappa shape index (κ2) is 3.55. The van der Waals surface area contributed by atoms with Crippen LogP contribution in [-0.2, 0) is 14.9 Å². The normalized spacial score (nSPS) is 19.0. The molecule has 13 heavy (non-hydrogen) atoms. The Morgan fingerprint density at radius 3 is 2.31 bits per heavy atom. The third-order valence-corrected chi connectivity index (χ3v) is 2.87. The van der Waals surface area contributed by atoms with Gasteiger partial charge in [-0.1, -0.05) is 4.89 Å². The first-order valence-corrected chi connectivity index (χ1v) is 6.11. The molecule has 0 aromatic rings. The molecule has 1 fully saturated rings. The molecule has 0 aliphatic heterocycles. The first kappa shape index (κ1) is 10.9. The highest BCUT2D eigenvalue weighted by atomic mass is 32.2. The molecule has 0 aromatic carbocycles. The van der Waals surface area contributed by atoms with E-state index in [9.17, 15) is 8.42 Å². The van der Waals surface area contributed by atoms with Gasteiger partial charge in [-0.25, -0.2) is 8.42 Å². The zero-order valence-corrected chi connectivity index (χ0v) is 9.15. The molecule has 1 rings (SSSR count). The van der Waals surface area contributed by atoms with Crippen molar-refractivity contribution in [1.29, 1.82) is 0 Å². The fraction of sp³-hybridized carbons (Fsp3) is 1.00. The molecule has 1 aliphatic carbocycles. The van der Waals surface area contributed by atoms with Crippen molar-refractivity contribution >= 4 is 10.0 Å². The summed E-state index contributed by atoms with van der Waals surface area (Å²) >= 11 is 0. The van der Waals surface area contributed by atoms with Crippen LogP contribution in [-0.4, -0.2) is 19.8 Å². The Morgan fingerprint density at radius 2 is 1.92 bits per heavy atom. The van der Waals surface area contributed by atoms with Crippen molar-refractivity contribution in [3.8, 4) is 0 Å². The Hall–Kier alpha value is -0.130. The zero-order chi connectivity index (χ0) is 10.1. The van der Waals surface area contributed by atoms with E-state index in [4.69, 9.17) is 4.84 Å². The summed E-state index contributed by atoms with van der Waals surface area (Å²) in [7, 11) is -3.22. The lowest BCUT2D eigenvalue weighted by molar-refractivity contribution is -0.0357. The Morgan fingerprint density at radius 1 is 1.38 bits per heavy atom. The number of rotatable bonds is 4. The van der Waals surface area contributed by atoms with Gasteiger partial charge in [0, 0.05) is 0 Å². The largest absolute Gasteiger partial charge is 0.281 e. The maximum Gasteiger partial charge on any atom is 0.233 e. The van der Waals surface area contributed by atoms with E-state index < -0.39 is 15.6 Å². The third kappa shape index (κ3) is 5.23. The first-order valence-electron chi connectivity index (χ1n) is 4.46. The second-order valence-electron chi connectivity index (χ2n) is 4.52. The van der Waals surface area contributed by atoms with Gasteiger partial charge in [-0.05, 0) is 39.5 Å². The summed E-state index contributed by atoms with van der Waals surface area (Å²) in [5.74, 6) is 0.546. The molecule has 0 bridgehead atoms. The summed E-state index contributed by atoms with van der Waals surface area (Å²) < 4.78 is 22.6. The average Bonchev–Trinajstić information content (AvgIpc) is 2.66. The lowest BCUT2D eigenvalue weighted by atomic mass is 10.2. The van der Waals surface area contributed by atoms with Crippen molar-refractivity contribution in [1.82, 2.24) is 4.89 Å². The van der Waals surface area contributed by atoms with E-state index in [0.717, 1.165) is 12.8 Å². The molecule has 0 aromatic heterocycles. The highest BCUT2D eigenvalue weighted by Gasteiger charge is 2.28. The van der Waals surface area contributed by atoms with E-state index in [1.165, 1.54) is 0 Å². The molecular formula is C8H17NO3S. The van der Waals surface area contributed by atoms with E-state index >= 15 is 0 Å². The van der Waals surface area contributed by atoms with Gasteiger partial charge >= 0.3 is 0 Å². The van der Waals surface area contributed by atoms with Crippen molar-refractivity contribution in [2.24, 2.45) is 5.92 Å². The first-order chi connectivity index (χ1) is 5.79. The lowest BCUT2D eigenvalue weighted by Crippen LogP contribution is -2.35. The summed E-state index contributed by atoms with van der Waals surface area (Å²) in [6.07, 6.45) is 2.05. The van der Waals surface area contributed by atoms with E-state index in [2.05, 4.69) is 4.89 Å². The molecule has 0 amide bonds. The van der Waals surface area contributed by atoms with Gasteiger partial charge in [-0.3, -0.25) is 4.84 Å². The topological polar surface area (TPSA) is 55.4 Å². The van der Waals surface area contributed by atoms with Gasteiger partial charge < -0.3 is 0 Å². The predicted octanol–water partition coefficient (Wildman–Crippen LogP) is 1.05. The molecule has 0 radical (unpaired) electrons. The maximum absolute atomic E-state index is 11.3. The highest BCUT2D eigenvalue weighted by molar-refractivity contribution is 7.89. The number of hydrogen-bond acceptors (Lipinski definition) is 3. The lowest BCUT2D eigenvalue weighted by Gasteiger charge is -2.18. The molecule has 1 N–H and O–H groups in total. The van der Waals surface area contributed by atoms with Crippen molar-refractivity contribution in [2.45, 2.75) is 39.2 Å².